The Hall–Kier alpha value is -3.16. The number of rotatable bonds is 5. The van der Waals surface area contributed by atoms with E-state index in [1.165, 1.54) is 17.0 Å². The monoisotopic (exact) mass is 472 g/mol. The number of hydrogen-bond donors (Lipinski definition) is 1. The Morgan fingerprint density at radius 2 is 2.00 bits per heavy atom. The van der Waals surface area contributed by atoms with E-state index >= 15 is 0 Å². The molecule has 1 fully saturated rings. The van der Waals surface area contributed by atoms with Gasteiger partial charge in [0.2, 0.25) is 5.91 Å². The maximum absolute atomic E-state index is 13.1. The van der Waals surface area contributed by atoms with Crippen molar-refractivity contribution in [1.82, 2.24) is 0 Å². The highest BCUT2D eigenvalue weighted by molar-refractivity contribution is 9.10. The fourth-order valence-corrected chi connectivity index (χ4v) is 4.42. The van der Waals surface area contributed by atoms with Crippen LogP contribution in [0.5, 0.6) is 0 Å². The summed E-state index contributed by atoms with van der Waals surface area (Å²) in [5.41, 5.74) is 6.03. The molecule has 8 nitrogen and oxygen atoms in total. The molecule has 2 N–H and O–H groups in total. The van der Waals surface area contributed by atoms with E-state index in [0.29, 0.717) is 11.3 Å². The minimum atomic E-state index is -0.930. The Balaban J connectivity index is 2.01. The lowest BCUT2D eigenvalue weighted by Crippen LogP contribution is -2.31. The molecule has 2 amide bonds. The van der Waals surface area contributed by atoms with Gasteiger partial charge in [-0.3, -0.25) is 24.6 Å². The van der Waals surface area contributed by atoms with E-state index in [1.807, 2.05) is 0 Å². The minimum Gasteiger partial charge on any atom is -0.365 e. The molecule has 0 radical (unpaired) electrons. The van der Waals surface area contributed by atoms with Gasteiger partial charge in [-0.05, 0) is 36.2 Å². The predicted molar refractivity (Wildman–Crippen MR) is 112 cm³/mol. The topological polar surface area (TPSA) is 130 Å². The molecule has 0 aliphatic carbocycles. The maximum Gasteiger partial charge on any atom is 0.269 e. The average molecular weight is 473 g/mol. The second-order valence-corrected chi connectivity index (χ2v) is 8.15. The number of hydrogen-bond acceptors (Lipinski definition) is 6. The van der Waals surface area contributed by atoms with Gasteiger partial charge in [0.05, 0.1) is 10.2 Å². The molecule has 1 heterocycles. The Bertz CT molecular complexity index is 1080. The van der Waals surface area contributed by atoms with Gasteiger partial charge in [0.1, 0.15) is 16.7 Å². The van der Waals surface area contributed by atoms with Crippen LogP contribution in [0.4, 0.5) is 11.4 Å². The summed E-state index contributed by atoms with van der Waals surface area (Å²) in [6.07, 6.45) is 0.194. The van der Waals surface area contributed by atoms with Crippen LogP contribution >= 0.6 is 27.7 Å². The van der Waals surface area contributed by atoms with E-state index in [1.54, 1.807) is 42.5 Å². The van der Waals surface area contributed by atoms with Crippen LogP contribution in [0.2, 0.25) is 0 Å². The van der Waals surface area contributed by atoms with Crippen LogP contribution in [0.3, 0.4) is 0 Å². The number of amides is 2. The summed E-state index contributed by atoms with van der Waals surface area (Å²) in [5.74, 6) is -1.27. The number of carbonyl (C=O) groups is 2. The van der Waals surface area contributed by atoms with Gasteiger partial charge < -0.3 is 5.73 Å². The number of non-ortho nitro benzene ring substituents is 1. The maximum atomic E-state index is 13.1. The normalized spacial score (nSPS) is 17.7. The second-order valence-electron chi connectivity index (χ2n) is 6.04. The van der Waals surface area contributed by atoms with E-state index in [9.17, 15) is 25.0 Å². The molecule has 0 aromatic heterocycles. The lowest BCUT2D eigenvalue weighted by molar-refractivity contribution is -0.384. The van der Waals surface area contributed by atoms with Crippen molar-refractivity contribution in [1.29, 1.82) is 5.26 Å². The van der Waals surface area contributed by atoms with Crippen molar-refractivity contribution in [3.8, 4) is 6.07 Å². The first-order chi connectivity index (χ1) is 13.8. The number of nitrogens with two attached hydrogens (primary N) is 1. The van der Waals surface area contributed by atoms with Gasteiger partial charge in [0, 0.05) is 22.3 Å². The van der Waals surface area contributed by atoms with Crippen LogP contribution in [-0.4, -0.2) is 22.0 Å². The van der Waals surface area contributed by atoms with E-state index < -0.39 is 16.1 Å². The van der Waals surface area contributed by atoms with Crippen molar-refractivity contribution in [3.63, 3.8) is 0 Å². The molecule has 1 saturated heterocycles. The molecule has 10 heteroatoms. The van der Waals surface area contributed by atoms with E-state index in [2.05, 4.69) is 15.9 Å². The number of halogens is 1. The number of nitriles is 1. The molecule has 3 rings (SSSR count). The fourth-order valence-electron chi connectivity index (χ4n) is 2.84. The molecule has 1 atom stereocenters. The van der Waals surface area contributed by atoms with Gasteiger partial charge in [-0.2, -0.15) is 5.26 Å². The number of nitrogens with zero attached hydrogens (tertiary/aromatic N) is 3. The summed E-state index contributed by atoms with van der Waals surface area (Å²) in [6, 6.07) is 14.6. The van der Waals surface area contributed by atoms with E-state index in [-0.39, 0.29) is 28.6 Å². The number of nitro groups is 1. The summed E-state index contributed by atoms with van der Waals surface area (Å²) >= 11 is 4.37. The summed E-state index contributed by atoms with van der Waals surface area (Å²) in [5, 5.41) is 19.9. The van der Waals surface area contributed by atoms with Gasteiger partial charge in [0.25, 0.3) is 11.6 Å². The zero-order chi connectivity index (χ0) is 21.1. The molecular formula is C19H13BrN4O4S. The van der Waals surface area contributed by atoms with Crippen LogP contribution < -0.4 is 10.6 Å². The fraction of sp³-hybridized carbons (Fsp3) is 0.105. The molecule has 0 unspecified atom stereocenters. The van der Waals surface area contributed by atoms with Crippen LogP contribution in [0.15, 0.2) is 63.6 Å². The van der Waals surface area contributed by atoms with Crippen molar-refractivity contribution in [2.24, 2.45) is 5.73 Å². The smallest absolute Gasteiger partial charge is 0.269 e. The summed E-state index contributed by atoms with van der Waals surface area (Å²) < 4.78 is 0.801. The van der Waals surface area contributed by atoms with Gasteiger partial charge in [0.15, 0.2) is 0 Å². The summed E-state index contributed by atoms with van der Waals surface area (Å²) in [4.78, 5) is 36.7. The first-order valence-electron chi connectivity index (χ1n) is 8.25. The quantitative estimate of drug-likeness (QED) is 0.307. The Morgan fingerprint density at radius 1 is 1.31 bits per heavy atom. The third-order valence-corrected chi connectivity index (χ3v) is 5.94. The number of thioether (sulfide) groups is 1. The molecule has 0 bridgehead atoms. The minimum absolute atomic E-state index is 0.0756. The molecule has 1 aliphatic rings. The molecule has 0 spiro atoms. The standard InChI is InChI=1S/C19H13BrN4O4S/c20-12-4-6-13(7-5-12)23-18(26)16(29-19(23)15(10-21)17(22)25)9-11-2-1-3-14(8-11)24(27)28/h1-8,16H,9H2,(H2,22,25)/b19-15-/t16-/m1/s1. The van der Waals surface area contributed by atoms with Gasteiger partial charge >= 0.3 is 0 Å². The van der Waals surface area contributed by atoms with Crippen molar-refractivity contribution >= 4 is 50.9 Å². The van der Waals surface area contributed by atoms with Crippen molar-refractivity contribution in [3.05, 3.63) is 79.3 Å². The zero-order valence-corrected chi connectivity index (χ0v) is 17.1. The predicted octanol–water partition coefficient (Wildman–Crippen LogP) is 3.27. The number of primary amides is 1. The SMILES string of the molecule is N#C/C(C(N)=O)=C1/S[C@H](Cc2cccc([N+](=O)[O-])c2)C(=O)N1c1ccc(Br)cc1. The third kappa shape index (κ3) is 4.31. The molecule has 1 aliphatic heterocycles. The van der Waals surface area contributed by atoms with E-state index in [0.717, 1.165) is 16.2 Å². The van der Waals surface area contributed by atoms with Crippen molar-refractivity contribution in [2.45, 2.75) is 11.7 Å². The highest BCUT2D eigenvalue weighted by atomic mass is 79.9. The number of benzene rings is 2. The van der Waals surface area contributed by atoms with Crippen molar-refractivity contribution < 1.29 is 14.5 Å². The molecule has 0 saturated carbocycles. The summed E-state index contributed by atoms with van der Waals surface area (Å²) in [6.45, 7) is 0. The van der Waals surface area contributed by atoms with Gasteiger partial charge in [-0.1, -0.05) is 39.8 Å². The first kappa shape index (κ1) is 20.6. The average Bonchev–Trinajstić information content (AvgIpc) is 2.99. The number of nitro benzene ring substituents is 1. The lowest BCUT2D eigenvalue weighted by atomic mass is 10.1. The second kappa shape index (κ2) is 8.46. The first-order valence-corrected chi connectivity index (χ1v) is 9.92. The Kier molecular flexibility index (Phi) is 6.00. The Labute approximate surface area is 178 Å². The van der Waals surface area contributed by atoms with Crippen molar-refractivity contribution in [2.75, 3.05) is 4.90 Å². The molecular weight excluding hydrogens is 460 g/mol. The highest BCUT2D eigenvalue weighted by Gasteiger charge is 2.40. The van der Waals surface area contributed by atoms with Crippen LogP contribution in [0.25, 0.3) is 0 Å². The molecule has 2 aromatic rings. The lowest BCUT2D eigenvalue weighted by Gasteiger charge is -2.18. The van der Waals surface area contributed by atoms with Crippen LogP contribution in [-0.2, 0) is 16.0 Å². The van der Waals surface area contributed by atoms with Crippen LogP contribution in [0, 0.1) is 21.4 Å². The van der Waals surface area contributed by atoms with Crippen LogP contribution in [0.1, 0.15) is 5.56 Å². The Morgan fingerprint density at radius 3 is 2.59 bits per heavy atom. The van der Waals surface area contributed by atoms with Gasteiger partial charge in [-0.25, -0.2) is 0 Å². The zero-order valence-electron chi connectivity index (χ0n) is 14.7. The molecule has 29 heavy (non-hydrogen) atoms. The number of anilines is 1. The number of carbonyl (C=O) groups excluding carboxylic acids is 2. The highest BCUT2D eigenvalue weighted by Crippen LogP contribution is 2.42. The van der Waals surface area contributed by atoms with E-state index in [4.69, 9.17) is 5.73 Å². The summed E-state index contributed by atoms with van der Waals surface area (Å²) in [7, 11) is 0. The third-order valence-electron chi connectivity index (χ3n) is 4.15. The van der Waals surface area contributed by atoms with Gasteiger partial charge in [-0.15, -0.1) is 0 Å². The molecule has 146 valence electrons. The molecule has 2 aromatic carbocycles. The largest absolute Gasteiger partial charge is 0.365 e.